The zero-order valence-corrected chi connectivity index (χ0v) is 11.9. The number of sulfonamides is 1. The number of aromatic amines is 1. The molecule has 0 fully saturated rings. The van der Waals surface area contributed by atoms with Crippen LogP contribution in [0.2, 0.25) is 5.02 Å². The van der Waals surface area contributed by atoms with Crippen molar-refractivity contribution < 1.29 is 18.3 Å². The van der Waals surface area contributed by atoms with E-state index in [0.29, 0.717) is 16.3 Å². The first kappa shape index (κ1) is 14.4. The number of benzene rings is 1. The van der Waals surface area contributed by atoms with Gasteiger partial charge in [0.2, 0.25) is 0 Å². The van der Waals surface area contributed by atoms with Crippen LogP contribution in [0.15, 0.2) is 35.4 Å². The van der Waals surface area contributed by atoms with Crippen molar-refractivity contribution in [2.45, 2.75) is 11.8 Å². The third-order valence-electron chi connectivity index (χ3n) is 2.63. The molecular formula is C12H11ClN2O4S. The van der Waals surface area contributed by atoms with E-state index >= 15 is 0 Å². The van der Waals surface area contributed by atoms with E-state index in [1.54, 1.807) is 25.1 Å². The molecule has 3 N–H and O–H groups in total. The molecule has 0 saturated carbocycles. The summed E-state index contributed by atoms with van der Waals surface area (Å²) >= 11 is 5.80. The van der Waals surface area contributed by atoms with Gasteiger partial charge in [-0.05, 0) is 36.8 Å². The van der Waals surface area contributed by atoms with E-state index in [1.165, 1.54) is 0 Å². The van der Waals surface area contributed by atoms with E-state index < -0.39 is 16.0 Å². The van der Waals surface area contributed by atoms with Crippen LogP contribution in [0.4, 0.5) is 5.69 Å². The molecule has 106 valence electrons. The summed E-state index contributed by atoms with van der Waals surface area (Å²) < 4.78 is 26.6. The van der Waals surface area contributed by atoms with Crippen LogP contribution in [0.1, 0.15) is 16.1 Å². The molecule has 1 aromatic carbocycles. The molecule has 0 amide bonds. The number of aryl methyl sites for hydroxylation is 1. The summed E-state index contributed by atoms with van der Waals surface area (Å²) in [6, 6.07) is 5.78. The van der Waals surface area contributed by atoms with Gasteiger partial charge in [0.15, 0.2) is 0 Å². The molecular weight excluding hydrogens is 304 g/mol. The Balaban J connectivity index is 2.33. The maximum absolute atomic E-state index is 12.1. The first-order chi connectivity index (χ1) is 9.29. The van der Waals surface area contributed by atoms with Gasteiger partial charge in [-0.15, -0.1) is 0 Å². The average molecular weight is 315 g/mol. The van der Waals surface area contributed by atoms with Gasteiger partial charge in [-0.25, -0.2) is 13.2 Å². The van der Waals surface area contributed by atoms with Crippen LogP contribution in [0, 0.1) is 6.92 Å². The monoisotopic (exact) mass is 314 g/mol. The number of anilines is 1. The number of carbonyl (C=O) groups is 1. The first-order valence-corrected chi connectivity index (χ1v) is 7.36. The summed E-state index contributed by atoms with van der Waals surface area (Å²) in [5.74, 6) is -1.23. The number of halogens is 1. The topological polar surface area (TPSA) is 99.3 Å². The van der Waals surface area contributed by atoms with Crippen LogP contribution in [-0.4, -0.2) is 24.5 Å². The largest absolute Gasteiger partial charge is 0.477 e. The number of carboxylic acids is 1. The Labute approximate surface area is 120 Å². The standard InChI is InChI=1S/C12H11ClN2O4S/c1-7-4-8(13)2-3-10(7)15-20(18,19)9-5-11(12(16)17)14-6-9/h2-6,14-15H,1H3,(H,16,17). The van der Waals surface area contributed by atoms with E-state index in [-0.39, 0.29) is 10.6 Å². The second-order valence-electron chi connectivity index (χ2n) is 4.12. The van der Waals surface area contributed by atoms with Gasteiger partial charge in [-0.3, -0.25) is 4.72 Å². The first-order valence-electron chi connectivity index (χ1n) is 5.50. The minimum absolute atomic E-state index is 0.149. The van der Waals surface area contributed by atoms with E-state index in [2.05, 4.69) is 9.71 Å². The number of nitrogens with one attached hydrogen (secondary N) is 2. The van der Waals surface area contributed by atoms with Crippen LogP contribution in [0.3, 0.4) is 0 Å². The smallest absolute Gasteiger partial charge is 0.352 e. The summed E-state index contributed by atoms with van der Waals surface area (Å²) in [5, 5.41) is 9.27. The lowest BCUT2D eigenvalue weighted by molar-refractivity contribution is 0.0691. The summed E-state index contributed by atoms with van der Waals surface area (Å²) in [6.45, 7) is 1.71. The summed E-state index contributed by atoms with van der Waals surface area (Å²) in [6.07, 6.45) is 1.12. The predicted octanol–water partition coefficient (Wildman–Crippen LogP) is 2.48. The maximum Gasteiger partial charge on any atom is 0.352 e. The Morgan fingerprint density at radius 1 is 1.35 bits per heavy atom. The zero-order valence-electron chi connectivity index (χ0n) is 10.3. The molecule has 0 atom stereocenters. The van der Waals surface area contributed by atoms with Crippen molar-refractivity contribution in [3.8, 4) is 0 Å². The highest BCUT2D eigenvalue weighted by Gasteiger charge is 2.19. The van der Waals surface area contributed by atoms with Crippen molar-refractivity contribution in [3.63, 3.8) is 0 Å². The van der Waals surface area contributed by atoms with Gasteiger partial charge >= 0.3 is 5.97 Å². The fourth-order valence-corrected chi connectivity index (χ4v) is 2.95. The van der Waals surface area contributed by atoms with Crippen molar-refractivity contribution in [1.82, 2.24) is 4.98 Å². The summed E-state index contributed by atoms with van der Waals surface area (Å²) in [5.41, 5.74) is 0.848. The van der Waals surface area contributed by atoms with E-state index in [4.69, 9.17) is 16.7 Å². The number of carboxylic acid groups (broad SMARTS) is 1. The third-order valence-corrected chi connectivity index (χ3v) is 4.21. The van der Waals surface area contributed by atoms with Crippen molar-refractivity contribution in [2.75, 3.05) is 4.72 Å². The molecule has 0 unspecified atom stereocenters. The Bertz CT molecular complexity index is 768. The van der Waals surface area contributed by atoms with Crippen LogP contribution < -0.4 is 4.72 Å². The number of aromatic carboxylic acids is 1. The molecule has 20 heavy (non-hydrogen) atoms. The zero-order chi connectivity index (χ0) is 14.9. The fraction of sp³-hybridized carbons (Fsp3) is 0.0833. The number of H-pyrrole nitrogens is 1. The summed E-state index contributed by atoms with van der Waals surface area (Å²) in [7, 11) is -3.85. The molecule has 0 aliphatic carbocycles. The molecule has 8 heteroatoms. The molecule has 0 bridgehead atoms. The lowest BCUT2D eigenvalue weighted by Crippen LogP contribution is -2.13. The Hall–Kier alpha value is -1.99. The fourth-order valence-electron chi connectivity index (χ4n) is 1.60. The number of aromatic nitrogens is 1. The number of rotatable bonds is 4. The molecule has 0 aliphatic rings. The van der Waals surface area contributed by atoms with Gasteiger partial charge in [0, 0.05) is 11.2 Å². The highest BCUT2D eigenvalue weighted by molar-refractivity contribution is 7.92. The minimum atomic E-state index is -3.85. The highest BCUT2D eigenvalue weighted by atomic mass is 35.5. The lowest BCUT2D eigenvalue weighted by atomic mass is 10.2. The van der Waals surface area contributed by atoms with Gasteiger partial charge in [0.1, 0.15) is 10.6 Å². The van der Waals surface area contributed by atoms with E-state index in [9.17, 15) is 13.2 Å². The molecule has 0 spiro atoms. The number of hydrogen-bond donors (Lipinski definition) is 3. The van der Waals surface area contributed by atoms with Crippen LogP contribution >= 0.6 is 11.6 Å². The van der Waals surface area contributed by atoms with Gasteiger partial charge in [0.05, 0.1) is 5.69 Å². The lowest BCUT2D eigenvalue weighted by Gasteiger charge is -2.09. The molecule has 2 rings (SSSR count). The second kappa shape index (κ2) is 5.18. The van der Waals surface area contributed by atoms with Gasteiger partial charge in [-0.1, -0.05) is 11.6 Å². The Kier molecular flexibility index (Phi) is 3.74. The normalized spacial score (nSPS) is 11.3. The Morgan fingerprint density at radius 2 is 2.05 bits per heavy atom. The van der Waals surface area contributed by atoms with Gasteiger partial charge in [0.25, 0.3) is 10.0 Å². The molecule has 0 saturated heterocycles. The van der Waals surface area contributed by atoms with Gasteiger partial charge in [-0.2, -0.15) is 0 Å². The quantitative estimate of drug-likeness (QED) is 0.807. The highest BCUT2D eigenvalue weighted by Crippen LogP contribution is 2.23. The molecule has 0 radical (unpaired) electrons. The molecule has 0 aliphatic heterocycles. The van der Waals surface area contributed by atoms with Gasteiger partial charge < -0.3 is 10.1 Å². The van der Waals surface area contributed by atoms with Crippen LogP contribution in [-0.2, 0) is 10.0 Å². The average Bonchev–Trinajstić information content (AvgIpc) is 2.83. The van der Waals surface area contributed by atoms with Crippen molar-refractivity contribution in [2.24, 2.45) is 0 Å². The summed E-state index contributed by atoms with van der Waals surface area (Å²) in [4.78, 5) is 13.0. The molecule has 6 nitrogen and oxygen atoms in total. The molecule has 1 heterocycles. The van der Waals surface area contributed by atoms with Crippen LogP contribution in [0.5, 0.6) is 0 Å². The number of hydrogen-bond acceptors (Lipinski definition) is 3. The SMILES string of the molecule is Cc1cc(Cl)ccc1NS(=O)(=O)c1c[nH]c(C(=O)O)c1. The van der Waals surface area contributed by atoms with Crippen molar-refractivity contribution in [1.29, 1.82) is 0 Å². The van der Waals surface area contributed by atoms with Crippen LogP contribution in [0.25, 0.3) is 0 Å². The van der Waals surface area contributed by atoms with E-state index in [0.717, 1.165) is 12.3 Å². The minimum Gasteiger partial charge on any atom is -0.477 e. The predicted molar refractivity (Wildman–Crippen MR) is 74.7 cm³/mol. The molecule has 2 aromatic rings. The second-order valence-corrected chi connectivity index (χ2v) is 6.24. The van der Waals surface area contributed by atoms with Crippen molar-refractivity contribution in [3.05, 3.63) is 46.7 Å². The Morgan fingerprint density at radius 3 is 2.60 bits per heavy atom. The molecule has 1 aromatic heterocycles. The third kappa shape index (κ3) is 2.94. The van der Waals surface area contributed by atoms with Crippen molar-refractivity contribution >= 4 is 33.3 Å². The van der Waals surface area contributed by atoms with E-state index in [1.807, 2.05) is 0 Å². The maximum atomic E-state index is 12.1.